The van der Waals surface area contributed by atoms with Crippen molar-refractivity contribution < 1.29 is 14.5 Å². The Kier molecular flexibility index (Phi) is 5.89. The Hall–Kier alpha value is -2.89. The van der Waals surface area contributed by atoms with Crippen LogP contribution in [0, 0.1) is 16.0 Å². The first-order valence-corrected chi connectivity index (χ1v) is 7.75. The lowest BCUT2D eigenvalue weighted by Gasteiger charge is -2.10. The first-order valence-electron chi connectivity index (χ1n) is 7.75. The molecule has 0 bridgehead atoms. The van der Waals surface area contributed by atoms with Gasteiger partial charge in [-0.05, 0) is 30.5 Å². The molecule has 6 heteroatoms. The van der Waals surface area contributed by atoms with Crippen molar-refractivity contribution in [1.29, 1.82) is 0 Å². The number of ether oxygens (including phenoxy) is 1. The van der Waals surface area contributed by atoms with Gasteiger partial charge in [-0.25, -0.2) is 0 Å². The van der Waals surface area contributed by atoms with E-state index in [1.54, 1.807) is 30.3 Å². The van der Waals surface area contributed by atoms with E-state index in [2.05, 4.69) is 19.2 Å². The van der Waals surface area contributed by atoms with Crippen LogP contribution in [0.15, 0.2) is 48.5 Å². The maximum absolute atomic E-state index is 12.3. The zero-order valence-corrected chi connectivity index (χ0v) is 13.7. The normalized spacial score (nSPS) is 10.5. The largest absolute Gasteiger partial charge is 0.494 e. The van der Waals surface area contributed by atoms with E-state index in [1.165, 1.54) is 18.2 Å². The SMILES string of the molecule is CC(C)CCOc1cccc(NC(=O)c2ccccc2[N+](=O)[O-])c1. The van der Waals surface area contributed by atoms with Crippen molar-refractivity contribution in [3.63, 3.8) is 0 Å². The molecule has 0 spiro atoms. The fourth-order valence-electron chi connectivity index (χ4n) is 2.10. The highest BCUT2D eigenvalue weighted by Crippen LogP contribution is 2.22. The second kappa shape index (κ2) is 8.10. The molecule has 1 N–H and O–H groups in total. The van der Waals surface area contributed by atoms with Gasteiger partial charge < -0.3 is 10.1 Å². The molecule has 0 atom stereocenters. The number of benzene rings is 2. The molecule has 0 fully saturated rings. The molecule has 0 heterocycles. The van der Waals surface area contributed by atoms with Gasteiger partial charge in [-0.2, -0.15) is 0 Å². The maximum Gasteiger partial charge on any atom is 0.282 e. The number of para-hydroxylation sites is 1. The van der Waals surface area contributed by atoms with Gasteiger partial charge in [0.25, 0.3) is 11.6 Å². The number of rotatable bonds is 7. The van der Waals surface area contributed by atoms with Gasteiger partial charge in [-0.3, -0.25) is 14.9 Å². The minimum absolute atomic E-state index is 0.0219. The number of nitro benzene ring substituents is 1. The second-order valence-corrected chi connectivity index (χ2v) is 5.79. The fourth-order valence-corrected chi connectivity index (χ4v) is 2.10. The van der Waals surface area contributed by atoms with Crippen LogP contribution in [0.3, 0.4) is 0 Å². The molecule has 0 aliphatic rings. The zero-order valence-electron chi connectivity index (χ0n) is 13.7. The molecule has 126 valence electrons. The summed E-state index contributed by atoms with van der Waals surface area (Å²) >= 11 is 0. The summed E-state index contributed by atoms with van der Waals surface area (Å²) in [5, 5.41) is 13.7. The van der Waals surface area contributed by atoms with Crippen molar-refractivity contribution in [1.82, 2.24) is 0 Å². The van der Waals surface area contributed by atoms with E-state index >= 15 is 0 Å². The number of nitrogens with one attached hydrogen (secondary N) is 1. The molecule has 0 aliphatic carbocycles. The lowest BCUT2D eigenvalue weighted by Crippen LogP contribution is -2.14. The summed E-state index contributed by atoms with van der Waals surface area (Å²) in [6.07, 6.45) is 0.937. The van der Waals surface area contributed by atoms with Crippen molar-refractivity contribution in [2.24, 2.45) is 5.92 Å². The van der Waals surface area contributed by atoms with Gasteiger partial charge in [-0.1, -0.05) is 32.0 Å². The predicted octanol–water partition coefficient (Wildman–Crippen LogP) is 4.27. The summed E-state index contributed by atoms with van der Waals surface area (Å²) in [4.78, 5) is 22.7. The molecule has 0 saturated heterocycles. The number of carbonyl (C=O) groups excluding carboxylic acids is 1. The standard InChI is InChI=1S/C18H20N2O4/c1-13(2)10-11-24-15-7-5-6-14(12-15)19-18(21)16-8-3-4-9-17(16)20(22)23/h3-9,12-13H,10-11H2,1-2H3,(H,19,21). The lowest BCUT2D eigenvalue weighted by molar-refractivity contribution is -0.385. The Bertz CT molecular complexity index is 728. The molecule has 2 rings (SSSR count). The van der Waals surface area contributed by atoms with Crippen LogP contribution in [0.1, 0.15) is 30.6 Å². The van der Waals surface area contributed by atoms with Crippen LogP contribution >= 0.6 is 0 Å². The third kappa shape index (κ3) is 4.81. The second-order valence-electron chi connectivity index (χ2n) is 5.79. The Morgan fingerprint density at radius 3 is 2.67 bits per heavy atom. The summed E-state index contributed by atoms with van der Waals surface area (Å²) in [7, 11) is 0. The van der Waals surface area contributed by atoms with Gasteiger partial charge in [0.2, 0.25) is 0 Å². The Morgan fingerprint density at radius 2 is 1.96 bits per heavy atom. The summed E-state index contributed by atoms with van der Waals surface area (Å²) in [5.74, 6) is 0.671. The number of hydrogen-bond donors (Lipinski definition) is 1. The topological polar surface area (TPSA) is 81.5 Å². The average Bonchev–Trinajstić information content (AvgIpc) is 2.55. The lowest BCUT2D eigenvalue weighted by atomic mass is 10.1. The fraction of sp³-hybridized carbons (Fsp3) is 0.278. The van der Waals surface area contributed by atoms with Gasteiger partial charge in [-0.15, -0.1) is 0 Å². The Morgan fingerprint density at radius 1 is 1.21 bits per heavy atom. The monoisotopic (exact) mass is 328 g/mol. The minimum atomic E-state index is -0.569. The van der Waals surface area contributed by atoms with Gasteiger partial charge >= 0.3 is 0 Å². The molecular weight excluding hydrogens is 308 g/mol. The number of anilines is 1. The number of nitrogens with zero attached hydrogens (tertiary/aromatic N) is 1. The van der Waals surface area contributed by atoms with Crippen LogP contribution in [-0.2, 0) is 0 Å². The quantitative estimate of drug-likeness (QED) is 0.608. The van der Waals surface area contributed by atoms with Crippen LogP contribution in [0.4, 0.5) is 11.4 Å². The average molecular weight is 328 g/mol. The summed E-state index contributed by atoms with van der Waals surface area (Å²) < 4.78 is 5.65. The van der Waals surface area contributed by atoms with E-state index in [1.807, 2.05) is 0 Å². The molecule has 0 aliphatic heterocycles. The molecular formula is C18H20N2O4. The molecule has 6 nitrogen and oxygen atoms in total. The van der Waals surface area contributed by atoms with Crippen LogP contribution in [0.25, 0.3) is 0 Å². The van der Waals surface area contributed by atoms with Crippen LogP contribution in [0.2, 0.25) is 0 Å². The molecule has 2 aromatic rings. The molecule has 0 unspecified atom stereocenters. The smallest absolute Gasteiger partial charge is 0.282 e. The van der Waals surface area contributed by atoms with Crippen molar-refractivity contribution in [3.05, 3.63) is 64.2 Å². The minimum Gasteiger partial charge on any atom is -0.494 e. The third-order valence-corrected chi connectivity index (χ3v) is 3.40. The first-order chi connectivity index (χ1) is 11.5. The molecule has 0 aromatic heterocycles. The molecule has 1 amide bonds. The molecule has 0 saturated carbocycles. The van der Waals surface area contributed by atoms with Crippen molar-refractivity contribution in [2.75, 3.05) is 11.9 Å². The van der Waals surface area contributed by atoms with Crippen molar-refractivity contribution in [2.45, 2.75) is 20.3 Å². The molecule has 2 aromatic carbocycles. The Labute approximate surface area is 140 Å². The van der Waals surface area contributed by atoms with E-state index in [9.17, 15) is 14.9 Å². The number of hydrogen-bond acceptors (Lipinski definition) is 4. The molecule has 24 heavy (non-hydrogen) atoms. The van der Waals surface area contributed by atoms with E-state index in [0.717, 1.165) is 6.42 Å². The van der Waals surface area contributed by atoms with E-state index in [-0.39, 0.29) is 11.3 Å². The third-order valence-electron chi connectivity index (χ3n) is 3.40. The summed E-state index contributed by atoms with van der Waals surface area (Å²) in [5.41, 5.74) is 0.327. The van der Waals surface area contributed by atoms with E-state index in [4.69, 9.17) is 4.74 Å². The van der Waals surface area contributed by atoms with E-state index in [0.29, 0.717) is 24.0 Å². The highest BCUT2D eigenvalue weighted by molar-refractivity contribution is 6.07. The highest BCUT2D eigenvalue weighted by atomic mass is 16.6. The summed E-state index contributed by atoms with van der Waals surface area (Å²) in [6, 6.07) is 12.8. The van der Waals surface area contributed by atoms with Gasteiger partial charge in [0.15, 0.2) is 0 Å². The summed E-state index contributed by atoms with van der Waals surface area (Å²) in [6.45, 7) is 4.83. The van der Waals surface area contributed by atoms with Crippen LogP contribution in [0.5, 0.6) is 5.75 Å². The predicted molar refractivity (Wildman–Crippen MR) is 92.4 cm³/mol. The van der Waals surface area contributed by atoms with Gasteiger partial charge in [0.05, 0.1) is 11.5 Å². The van der Waals surface area contributed by atoms with Crippen molar-refractivity contribution >= 4 is 17.3 Å². The highest BCUT2D eigenvalue weighted by Gasteiger charge is 2.19. The zero-order chi connectivity index (χ0) is 17.5. The maximum atomic E-state index is 12.3. The number of carbonyl (C=O) groups is 1. The molecule has 0 radical (unpaired) electrons. The number of amides is 1. The van der Waals surface area contributed by atoms with Crippen LogP contribution < -0.4 is 10.1 Å². The van der Waals surface area contributed by atoms with Gasteiger partial charge in [0.1, 0.15) is 11.3 Å². The van der Waals surface area contributed by atoms with Crippen LogP contribution in [-0.4, -0.2) is 17.4 Å². The van der Waals surface area contributed by atoms with E-state index < -0.39 is 10.8 Å². The van der Waals surface area contributed by atoms with Gasteiger partial charge in [0, 0.05) is 17.8 Å². The van der Waals surface area contributed by atoms with Crippen molar-refractivity contribution in [3.8, 4) is 5.75 Å². The number of nitro groups is 1. The Balaban J connectivity index is 2.08. The first kappa shape index (κ1) is 17.5.